The molecular weight excluding hydrogens is 294 g/mol. The zero-order valence-corrected chi connectivity index (χ0v) is 12.6. The summed E-state index contributed by atoms with van der Waals surface area (Å²) in [5.41, 5.74) is 1.67. The highest BCUT2D eigenvalue weighted by Gasteiger charge is 2.11. The summed E-state index contributed by atoms with van der Waals surface area (Å²) in [5, 5.41) is 6.65. The van der Waals surface area contributed by atoms with E-state index in [1.54, 1.807) is 30.6 Å². The second-order valence-corrected chi connectivity index (χ2v) is 4.96. The molecule has 0 bridgehead atoms. The molecule has 7 nitrogen and oxygen atoms in total. The molecular formula is C16H15N5O2. The number of carbonyl (C=O) groups excluding carboxylic acids is 1. The number of aryl methyl sites for hydroxylation is 2. The average molecular weight is 309 g/mol. The van der Waals surface area contributed by atoms with Gasteiger partial charge in [0.2, 0.25) is 17.6 Å². The molecule has 0 fully saturated rings. The number of aromatic nitrogens is 4. The molecule has 0 aliphatic carbocycles. The first kappa shape index (κ1) is 14.8. The van der Waals surface area contributed by atoms with Crippen molar-refractivity contribution in [3.8, 4) is 11.4 Å². The summed E-state index contributed by atoms with van der Waals surface area (Å²) >= 11 is 0. The minimum Gasteiger partial charge on any atom is -0.339 e. The Kier molecular flexibility index (Phi) is 4.37. The highest BCUT2D eigenvalue weighted by Crippen LogP contribution is 2.14. The largest absolute Gasteiger partial charge is 0.339 e. The maximum atomic E-state index is 11.9. The van der Waals surface area contributed by atoms with Crippen LogP contribution in [0.25, 0.3) is 11.4 Å². The number of carbonyl (C=O) groups is 1. The van der Waals surface area contributed by atoms with Gasteiger partial charge in [0.25, 0.3) is 0 Å². The normalized spacial score (nSPS) is 10.5. The van der Waals surface area contributed by atoms with E-state index in [-0.39, 0.29) is 12.3 Å². The first-order valence-electron chi connectivity index (χ1n) is 7.17. The zero-order chi connectivity index (χ0) is 16.1. The van der Waals surface area contributed by atoms with E-state index in [1.807, 2.05) is 19.1 Å². The van der Waals surface area contributed by atoms with Gasteiger partial charge in [-0.15, -0.1) is 0 Å². The molecule has 3 aromatic rings. The van der Waals surface area contributed by atoms with Crippen molar-refractivity contribution >= 4 is 11.7 Å². The third-order valence-corrected chi connectivity index (χ3v) is 3.13. The van der Waals surface area contributed by atoms with Crippen LogP contribution in [0.2, 0.25) is 0 Å². The van der Waals surface area contributed by atoms with Crippen molar-refractivity contribution in [3.05, 3.63) is 54.3 Å². The van der Waals surface area contributed by atoms with Crippen molar-refractivity contribution in [1.29, 1.82) is 0 Å². The minimum atomic E-state index is -0.147. The Balaban J connectivity index is 1.56. The van der Waals surface area contributed by atoms with Gasteiger partial charge in [-0.25, -0.2) is 4.98 Å². The average Bonchev–Trinajstić information content (AvgIpc) is 3.03. The van der Waals surface area contributed by atoms with E-state index < -0.39 is 0 Å². The van der Waals surface area contributed by atoms with Gasteiger partial charge < -0.3 is 9.84 Å². The fraction of sp³-hybridized carbons (Fsp3) is 0.188. The standard InChI is InChI=1S/C16H15N5O2/c1-11-3-2-4-13(18-11)19-14(22)5-6-15-20-16(21-23-15)12-7-9-17-10-8-12/h2-4,7-10H,5-6H2,1H3,(H,18,19,22). The molecule has 0 atom stereocenters. The van der Waals surface area contributed by atoms with Gasteiger partial charge >= 0.3 is 0 Å². The molecule has 0 aromatic carbocycles. The number of hydrogen-bond acceptors (Lipinski definition) is 6. The molecule has 0 aliphatic rings. The summed E-state index contributed by atoms with van der Waals surface area (Å²) in [4.78, 5) is 24.4. The van der Waals surface area contributed by atoms with Gasteiger partial charge in [-0.2, -0.15) is 4.98 Å². The molecule has 0 aliphatic heterocycles. The van der Waals surface area contributed by atoms with Gasteiger partial charge in [0.1, 0.15) is 5.82 Å². The van der Waals surface area contributed by atoms with Crippen LogP contribution in [-0.2, 0) is 11.2 Å². The van der Waals surface area contributed by atoms with Crippen LogP contribution in [0, 0.1) is 6.92 Å². The molecule has 3 aromatic heterocycles. The summed E-state index contributed by atoms with van der Waals surface area (Å²) in [6.45, 7) is 1.87. The number of pyridine rings is 2. The van der Waals surface area contributed by atoms with E-state index in [2.05, 4.69) is 25.4 Å². The molecule has 0 saturated carbocycles. The molecule has 7 heteroatoms. The van der Waals surface area contributed by atoms with Crippen molar-refractivity contribution in [1.82, 2.24) is 20.1 Å². The van der Waals surface area contributed by atoms with Crippen molar-refractivity contribution < 1.29 is 9.32 Å². The van der Waals surface area contributed by atoms with E-state index in [1.165, 1.54) is 0 Å². The molecule has 23 heavy (non-hydrogen) atoms. The molecule has 3 heterocycles. The maximum absolute atomic E-state index is 11.9. The fourth-order valence-electron chi connectivity index (χ4n) is 2.01. The number of anilines is 1. The summed E-state index contributed by atoms with van der Waals surface area (Å²) < 4.78 is 5.16. The Morgan fingerprint density at radius 2 is 2.00 bits per heavy atom. The molecule has 0 spiro atoms. The van der Waals surface area contributed by atoms with Gasteiger partial charge in [-0.3, -0.25) is 9.78 Å². The molecule has 0 radical (unpaired) electrons. The summed E-state index contributed by atoms with van der Waals surface area (Å²) in [6, 6.07) is 9.06. The maximum Gasteiger partial charge on any atom is 0.227 e. The van der Waals surface area contributed by atoms with Gasteiger partial charge in [0.05, 0.1) is 0 Å². The predicted molar refractivity (Wildman–Crippen MR) is 83.5 cm³/mol. The Hall–Kier alpha value is -3.09. The van der Waals surface area contributed by atoms with Crippen LogP contribution in [0.1, 0.15) is 18.0 Å². The summed E-state index contributed by atoms with van der Waals surface area (Å²) in [5.74, 6) is 1.30. The van der Waals surface area contributed by atoms with Gasteiger partial charge in [-0.05, 0) is 31.2 Å². The predicted octanol–water partition coefficient (Wildman–Crippen LogP) is 2.41. The zero-order valence-electron chi connectivity index (χ0n) is 12.6. The number of amides is 1. The second-order valence-electron chi connectivity index (χ2n) is 4.96. The first-order chi connectivity index (χ1) is 11.2. The molecule has 3 rings (SSSR count). The Morgan fingerprint density at radius 1 is 1.17 bits per heavy atom. The molecule has 0 unspecified atom stereocenters. The highest BCUT2D eigenvalue weighted by atomic mass is 16.5. The molecule has 1 amide bonds. The van der Waals surface area contributed by atoms with Crippen molar-refractivity contribution in [3.63, 3.8) is 0 Å². The molecule has 0 saturated heterocycles. The van der Waals surface area contributed by atoms with Crippen molar-refractivity contribution in [2.45, 2.75) is 19.8 Å². The number of nitrogens with one attached hydrogen (secondary N) is 1. The topological polar surface area (TPSA) is 93.8 Å². The first-order valence-corrected chi connectivity index (χ1v) is 7.17. The lowest BCUT2D eigenvalue weighted by atomic mass is 10.2. The van der Waals surface area contributed by atoms with Gasteiger partial charge in [-0.1, -0.05) is 11.2 Å². The molecule has 116 valence electrons. The van der Waals surface area contributed by atoms with E-state index >= 15 is 0 Å². The van der Waals surface area contributed by atoms with Crippen LogP contribution < -0.4 is 5.32 Å². The van der Waals surface area contributed by atoms with Crippen LogP contribution in [0.4, 0.5) is 5.82 Å². The van der Waals surface area contributed by atoms with Gasteiger partial charge in [0.15, 0.2) is 0 Å². The lowest BCUT2D eigenvalue weighted by Gasteiger charge is -2.03. The minimum absolute atomic E-state index is 0.147. The van der Waals surface area contributed by atoms with Gasteiger partial charge in [0, 0.05) is 36.5 Å². The highest BCUT2D eigenvalue weighted by molar-refractivity contribution is 5.89. The second kappa shape index (κ2) is 6.78. The fourth-order valence-corrected chi connectivity index (χ4v) is 2.01. The van der Waals surface area contributed by atoms with Crippen LogP contribution in [0.15, 0.2) is 47.2 Å². The van der Waals surface area contributed by atoms with E-state index in [0.29, 0.717) is 24.0 Å². The SMILES string of the molecule is Cc1cccc(NC(=O)CCc2nc(-c3ccncc3)no2)n1. The van der Waals surface area contributed by atoms with Crippen LogP contribution in [-0.4, -0.2) is 26.0 Å². The Labute approximate surface area is 132 Å². The Morgan fingerprint density at radius 3 is 2.78 bits per heavy atom. The van der Waals surface area contributed by atoms with Crippen molar-refractivity contribution in [2.75, 3.05) is 5.32 Å². The lowest BCUT2D eigenvalue weighted by molar-refractivity contribution is -0.116. The smallest absolute Gasteiger partial charge is 0.227 e. The van der Waals surface area contributed by atoms with Crippen LogP contribution >= 0.6 is 0 Å². The monoisotopic (exact) mass is 309 g/mol. The molecule has 1 N–H and O–H groups in total. The van der Waals surface area contributed by atoms with E-state index in [9.17, 15) is 4.79 Å². The third-order valence-electron chi connectivity index (χ3n) is 3.13. The Bertz CT molecular complexity index is 801. The van der Waals surface area contributed by atoms with Crippen molar-refractivity contribution in [2.24, 2.45) is 0 Å². The quantitative estimate of drug-likeness (QED) is 0.778. The van der Waals surface area contributed by atoms with E-state index in [0.717, 1.165) is 11.3 Å². The number of hydrogen-bond donors (Lipinski definition) is 1. The summed E-state index contributed by atoms with van der Waals surface area (Å²) in [7, 11) is 0. The van der Waals surface area contributed by atoms with Crippen LogP contribution in [0.3, 0.4) is 0 Å². The van der Waals surface area contributed by atoms with Crippen LogP contribution in [0.5, 0.6) is 0 Å². The third kappa shape index (κ3) is 3.97. The number of rotatable bonds is 5. The summed E-state index contributed by atoms with van der Waals surface area (Å²) in [6.07, 6.45) is 3.94. The number of nitrogens with zero attached hydrogens (tertiary/aromatic N) is 4. The lowest BCUT2D eigenvalue weighted by Crippen LogP contribution is -2.13. The van der Waals surface area contributed by atoms with E-state index in [4.69, 9.17) is 4.52 Å².